The molecule has 0 spiro atoms. The first-order valence-electron chi connectivity index (χ1n) is 11.2. The molecule has 0 radical (unpaired) electrons. The first kappa shape index (κ1) is 23.1. The zero-order valence-corrected chi connectivity index (χ0v) is 20.0. The molecule has 1 aliphatic heterocycles. The van der Waals surface area contributed by atoms with E-state index in [2.05, 4.69) is 5.32 Å². The van der Waals surface area contributed by atoms with E-state index in [1.54, 1.807) is 51.1 Å². The highest BCUT2D eigenvalue weighted by atomic mass is 16.6. The van der Waals surface area contributed by atoms with E-state index < -0.39 is 22.7 Å². The van der Waals surface area contributed by atoms with Crippen LogP contribution >= 0.6 is 0 Å². The van der Waals surface area contributed by atoms with Gasteiger partial charge in [-0.05, 0) is 45.4 Å². The van der Waals surface area contributed by atoms with Crippen molar-refractivity contribution >= 4 is 23.3 Å². The Hall–Kier alpha value is -3.12. The number of ether oxygens (including phenoxy) is 2. The van der Waals surface area contributed by atoms with Gasteiger partial charge >= 0.3 is 6.09 Å². The Balaban J connectivity index is 1.63. The minimum atomic E-state index is -1.71. The average Bonchev–Trinajstić information content (AvgIpc) is 2.96. The molecule has 6 heteroatoms. The number of carbonyl (C=O) groups excluding carboxylic acids is 2. The number of ketones is 1. The van der Waals surface area contributed by atoms with Gasteiger partial charge in [0.25, 0.3) is 0 Å². The summed E-state index contributed by atoms with van der Waals surface area (Å²) >= 11 is 0. The van der Waals surface area contributed by atoms with E-state index in [1.165, 1.54) is 0 Å². The largest absolute Gasteiger partial charge is 0.489 e. The highest BCUT2D eigenvalue weighted by molar-refractivity contribution is 6.12. The van der Waals surface area contributed by atoms with Crippen LogP contribution in [0.15, 0.2) is 54.1 Å². The van der Waals surface area contributed by atoms with E-state index in [1.807, 2.05) is 39.0 Å². The number of amides is 1. The third kappa shape index (κ3) is 4.04. The van der Waals surface area contributed by atoms with Gasteiger partial charge in [-0.2, -0.15) is 0 Å². The van der Waals surface area contributed by atoms with Crippen molar-refractivity contribution in [1.29, 1.82) is 0 Å². The number of benzene rings is 2. The van der Waals surface area contributed by atoms with E-state index >= 15 is 0 Å². The molecule has 2 unspecified atom stereocenters. The number of hydrogen-bond donors (Lipinski definition) is 2. The van der Waals surface area contributed by atoms with Crippen LogP contribution in [0.3, 0.4) is 0 Å². The number of rotatable bonds is 3. The van der Waals surface area contributed by atoms with Crippen LogP contribution in [0.25, 0.3) is 5.76 Å². The quantitative estimate of drug-likeness (QED) is 0.673. The summed E-state index contributed by atoms with van der Waals surface area (Å²) in [5, 5.41) is 14.5. The average molecular weight is 450 g/mol. The Morgan fingerprint density at radius 2 is 1.76 bits per heavy atom. The molecule has 2 atom stereocenters. The van der Waals surface area contributed by atoms with E-state index in [-0.39, 0.29) is 18.3 Å². The topological polar surface area (TPSA) is 84.9 Å². The molecule has 1 amide bonds. The summed E-state index contributed by atoms with van der Waals surface area (Å²) in [6.07, 6.45) is -0.612. The number of Topliss-reactive ketones (excluding diaryl/α,β-unsaturated/α-hetero) is 1. The predicted octanol–water partition coefficient (Wildman–Crippen LogP) is 5.20. The first-order chi connectivity index (χ1) is 15.3. The number of anilines is 1. The summed E-state index contributed by atoms with van der Waals surface area (Å²) in [7, 11) is 0. The van der Waals surface area contributed by atoms with Crippen LogP contribution < -0.4 is 5.32 Å². The van der Waals surface area contributed by atoms with Crippen LogP contribution in [0.4, 0.5) is 10.5 Å². The molecule has 6 nitrogen and oxygen atoms in total. The zero-order chi connectivity index (χ0) is 24.2. The number of nitrogens with one attached hydrogen (secondary N) is 1. The second kappa shape index (κ2) is 7.73. The summed E-state index contributed by atoms with van der Waals surface area (Å²) in [6.45, 7) is 11.3. The Kier molecular flexibility index (Phi) is 5.40. The number of hydrogen-bond acceptors (Lipinski definition) is 5. The third-order valence-electron chi connectivity index (χ3n) is 6.46. The molecule has 2 aromatic carbocycles. The predicted molar refractivity (Wildman–Crippen MR) is 127 cm³/mol. The van der Waals surface area contributed by atoms with Crippen LogP contribution in [-0.2, 0) is 26.3 Å². The van der Waals surface area contributed by atoms with Crippen molar-refractivity contribution in [1.82, 2.24) is 0 Å². The van der Waals surface area contributed by atoms with Gasteiger partial charge in [-0.25, -0.2) is 4.79 Å². The highest BCUT2D eigenvalue weighted by Gasteiger charge is 2.55. The van der Waals surface area contributed by atoms with Gasteiger partial charge in [-0.1, -0.05) is 50.2 Å². The van der Waals surface area contributed by atoms with Gasteiger partial charge in [0.2, 0.25) is 0 Å². The van der Waals surface area contributed by atoms with Crippen molar-refractivity contribution in [3.63, 3.8) is 0 Å². The lowest BCUT2D eigenvalue weighted by Gasteiger charge is -2.35. The molecule has 1 aliphatic carbocycles. The summed E-state index contributed by atoms with van der Waals surface area (Å²) in [4.78, 5) is 25.8. The summed E-state index contributed by atoms with van der Waals surface area (Å²) in [6, 6.07) is 14.4. The smallest absolute Gasteiger partial charge is 0.412 e. The molecular weight excluding hydrogens is 418 g/mol. The van der Waals surface area contributed by atoms with Crippen molar-refractivity contribution < 1.29 is 24.2 Å². The van der Waals surface area contributed by atoms with Crippen molar-refractivity contribution in [2.75, 3.05) is 5.32 Å². The van der Waals surface area contributed by atoms with Gasteiger partial charge in [-0.15, -0.1) is 0 Å². The van der Waals surface area contributed by atoms with Crippen LogP contribution in [0.5, 0.6) is 0 Å². The molecule has 2 N–H and O–H groups in total. The number of aliphatic hydroxyl groups is 1. The molecule has 2 aliphatic rings. The van der Waals surface area contributed by atoms with Crippen LogP contribution in [0.2, 0.25) is 0 Å². The SMILES string of the molecule is CC1OC2=C(C(=O)C(O)(Cc3ccc(NC(=O)OC(C)(C)C)cc3)c3ccccc32)C1(C)C. The Bertz CT molecular complexity index is 1140. The molecule has 0 aromatic heterocycles. The lowest BCUT2D eigenvalue weighted by molar-refractivity contribution is -0.135. The molecule has 0 saturated heterocycles. The normalized spacial score (nSPS) is 23.5. The van der Waals surface area contributed by atoms with Gasteiger partial charge in [0, 0.05) is 28.7 Å². The molecular formula is C27H31NO5. The molecule has 1 heterocycles. The van der Waals surface area contributed by atoms with Crippen molar-refractivity contribution in [2.24, 2.45) is 5.41 Å². The zero-order valence-electron chi connectivity index (χ0n) is 20.0. The lowest BCUT2D eigenvalue weighted by atomic mass is 9.67. The molecule has 0 saturated carbocycles. The molecule has 2 aromatic rings. The fourth-order valence-corrected chi connectivity index (χ4v) is 4.44. The van der Waals surface area contributed by atoms with Crippen molar-refractivity contribution in [3.05, 3.63) is 70.8 Å². The molecule has 0 fully saturated rings. The number of carbonyl (C=O) groups is 2. The van der Waals surface area contributed by atoms with Crippen LogP contribution in [0, 0.1) is 5.41 Å². The maximum Gasteiger partial charge on any atom is 0.412 e. The van der Waals surface area contributed by atoms with Gasteiger partial charge < -0.3 is 14.6 Å². The van der Waals surface area contributed by atoms with Crippen molar-refractivity contribution in [2.45, 2.75) is 65.3 Å². The summed E-state index contributed by atoms with van der Waals surface area (Å²) < 4.78 is 11.4. The maximum absolute atomic E-state index is 13.7. The number of fused-ring (bicyclic) bond motifs is 2. The molecule has 174 valence electrons. The van der Waals surface area contributed by atoms with E-state index in [4.69, 9.17) is 9.47 Å². The fourth-order valence-electron chi connectivity index (χ4n) is 4.44. The fraction of sp³-hybridized carbons (Fsp3) is 0.407. The standard InChI is InChI=1S/C27H31NO5/c1-16-26(5,6)21-22(32-16)19-9-7-8-10-20(19)27(31,23(21)29)15-17-11-13-18(14-12-17)28-24(30)33-25(2,3)4/h7-14,16,31H,15H2,1-6H3,(H,28,30). The van der Waals surface area contributed by atoms with Gasteiger partial charge in [0.05, 0.1) is 5.57 Å². The van der Waals surface area contributed by atoms with Gasteiger partial charge in [0.15, 0.2) is 11.4 Å². The van der Waals surface area contributed by atoms with E-state index in [0.717, 1.165) is 11.1 Å². The second-order valence-electron chi connectivity index (χ2n) is 10.4. The second-order valence-corrected chi connectivity index (χ2v) is 10.4. The molecule has 33 heavy (non-hydrogen) atoms. The Morgan fingerprint density at radius 1 is 1.12 bits per heavy atom. The van der Waals surface area contributed by atoms with Crippen LogP contribution in [0.1, 0.15) is 58.2 Å². The monoisotopic (exact) mass is 449 g/mol. The molecule has 4 rings (SSSR count). The highest BCUT2D eigenvalue weighted by Crippen LogP contribution is 2.53. The maximum atomic E-state index is 13.7. The minimum Gasteiger partial charge on any atom is -0.489 e. The Morgan fingerprint density at radius 3 is 2.39 bits per heavy atom. The van der Waals surface area contributed by atoms with Gasteiger partial charge in [0.1, 0.15) is 17.5 Å². The van der Waals surface area contributed by atoms with E-state index in [0.29, 0.717) is 22.6 Å². The first-order valence-corrected chi connectivity index (χ1v) is 11.2. The third-order valence-corrected chi connectivity index (χ3v) is 6.46. The van der Waals surface area contributed by atoms with E-state index in [9.17, 15) is 14.7 Å². The molecule has 0 bridgehead atoms. The minimum absolute atomic E-state index is 0.108. The van der Waals surface area contributed by atoms with Gasteiger partial charge in [-0.3, -0.25) is 10.1 Å². The van der Waals surface area contributed by atoms with Crippen LogP contribution in [-0.4, -0.2) is 28.7 Å². The summed E-state index contributed by atoms with van der Waals surface area (Å²) in [5.41, 5.74) is 0.369. The lowest BCUT2D eigenvalue weighted by Crippen LogP contribution is -2.45. The van der Waals surface area contributed by atoms with Crippen molar-refractivity contribution in [3.8, 4) is 0 Å². The summed E-state index contributed by atoms with van der Waals surface area (Å²) in [5.74, 6) is 0.260. The Labute approximate surface area is 194 Å².